The molecule has 28 heavy (non-hydrogen) atoms. The first-order chi connectivity index (χ1) is 13.3. The van der Waals surface area contributed by atoms with Crippen molar-refractivity contribution >= 4 is 28.8 Å². The summed E-state index contributed by atoms with van der Waals surface area (Å²) in [5, 5.41) is 17.9. The molecule has 1 aliphatic rings. The first kappa shape index (κ1) is 18.6. The summed E-state index contributed by atoms with van der Waals surface area (Å²) in [5.41, 5.74) is 8.49. The zero-order valence-corrected chi connectivity index (χ0v) is 16.5. The molecule has 1 aliphatic heterocycles. The molecule has 4 rings (SSSR count). The van der Waals surface area contributed by atoms with Crippen molar-refractivity contribution < 1.29 is 9.84 Å². The van der Waals surface area contributed by atoms with E-state index in [1.165, 1.54) is 6.20 Å². The standard InChI is InChI=1S/C20H22ClN5O2/c1-11(15-7-14(21)6-13-8-20(3,10-22)28-18(13)15)24-17-4-5-26-19(25-17)16(9-23-26)12(2)27/h4-7,9,11,27H,2,8,10,22H2,1,3H3,(H,24,25)/t11-,20?/m1/s1. The van der Waals surface area contributed by atoms with Crippen LogP contribution in [0.25, 0.3) is 11.4 Å². The molecule has 3 aromatic rings. The van der Waals surface area contributed by atoms with Crippen LogP contribution in [0.5, 0.6) is 5.75 Å². The van der Waals surface area contributed by atoms with Crippen molar-refractivity contribution in [1.29, 1.82) is 0 Å². The average molecular weight is 400 g/mol. The molecule has 2 atom stereocenters. The largest absolute Gasteiger partial charge is 0.508 e. The number of nitrogens with one attached hydrogen (secondary N) is 1. The highest BCUT2D eigenvalue weighted by Crippen LogP contribution is 2.42. The van der Waals surface area contributed by atoms with Crippen molar-refractivity contribution in [2.24, 2.45) is 5.73 Å². The summed E-state index contributed by atoms with van der Waals surface area (Å²) in [6.45, 7) is 8.00. The Bertz CT molecular complexity index is 1080. The van der Waals surface area contributed by atoms with Gasteiger partial charge in [-0.15, -0.1) is 0 Å². The number of benzene rings is 1. The summed E-state index contributed by atoms with van der Waals surface area (Å²) in [6, 6.07) is 5.53. The highest BCUT2D eigenvalue weighted by molar-refractivity contribution is 6.30. The van der Waals surface area contributed by atoms with Gasteiger partial charge in [-0.25, -0.2) is 9.50 Å². The molecule has 0 spiro atoms. The molecular weight excluding hydrogens is 378 g/mol. The van der Waals surface area contributed by atoms with Crippen molar-refractivity contribution in [3.05, 3.63) is 58.9 Å². The fourth-order valence-electron chi connectivity index (χ4n) is 3.50. The van der Waals surface area contributed by atoms with Crippen LogP contribution >= 0.6 is 11.6 Å². The molecule has 0 amide bonds. The summed E-state index contributed by atoms with van der Waals surface area (Å²) in [5.74, 6) is 1.39. The van der Waals surface area contributed by atoms with E-state index in [0.29, 0.717) is 28.6 Å². The number of anilines is 1. The number of ether oxygens (including phenoxy) is 1. The SMILES string of the molecule is C=C(O)c1cnn2ccc(N[C@H](C)c3cc(Cl)cc4c3OC(C)(CN)C4)nc12. The molecule has 1 aromatic carbocycles. The Kier molecular flexibility index (Phi) is 4.44. The maximum absolute atomic E-state index is 9.72. The number of nitrogens with two attached hydrogens (primary N) is 1. The Morgan fingerprint density at radius 1 is 1.54 bits per heavy atom. The van der Waals surface area contributed by atoms with Gasteiger partial charge < -0.3 is 20.9 Å². The molecule has 0 saturated heterocycles. The van der Waals surface area contributed by atoms with Crippen LogP contribution in [0.2, 0.25) is 5.02 Å². The maximum atomic E-state index is 9.72. The number of hydrogen-bond acceptors (Lipinski definition) is 6. The van der Waals surface area contributed by atoms with E-state index in [4.69, 9.17) is 22.1 Å². The Morgan fingerprint density at radius 3 is 3.04 bits per heavy atom. The van der Waals surface area contributed by atoms with Crippen molar-refractivity contribution in [2.75, 3.05) is 11.9 Å². The van der Waals surface area contributed by atoms with Gasteiger partial charge in [0.2, 0.25) is 0 Å². The van der Waals surface area contributed by atoms with Gasteiger partial charge in [-0.3, -0.25) is 0 Å². The molecule has 3 heterocycles. The second-order valence-electron chi connectivity index (χ2n) is 7.37. The number of nitrogens with zero attached hydrogens (tertiary/aromatic N) is 3. The molecule has 0 saturated carbocycles. The van der Waals surface area contributed by atoms with Crippen molar-refractivity contribution in [3.63, 3.8) is 0 Å². The van der Waals surface area contributed by atoms with Crippen LogP contribution in [0, 0.1) is 0 Å². The van der Waals surface area contributed by atoms with Crippen LogP contribution in [-0.4, -0.2) is 31.9 Å². The third kappa shape index (κ3) is 3.16. The van der Waals surface area contributed by atoms with Crippen LogP contribution < -0.4 is 15.8 Å². The molecule has 2 aromatic heterocycles. The zero-order valence-electron chi connectivity index (χ0n) is 15.7. The maximum Gasteiger partial charge on any atom is 0.168 e. The summed E-state index contributed by atoms with van der Waals surface area (Å²) >= 11 is 6.35. The third-order valence-electron chi connectivity index (χ3n) is 5.01. The van der Waals surface area contributed by atoms with E-state index in [9.17, 15) is 5.11 Å². The van der Waals surface area contributed by atoms with Gasteiger partial charge in [-0.2, -0.15) is 5.10 Å². The molecule has 0 radical (unpaired) electrons. The predicted molar refractivity (Wildman–Crippen MR) is 110 cm³/mol. The van der Waals surface area contributed by atoms with Crippen molar-refractivity contribution in [2.45, 2.75) is 31.9 Å². The molecule has 4 N–H and O–H groups in total. The lowest BCUT2D eigenvalue weighted by Crippen LogP contribution is -2.39. The van der Waals surface area contributed by atoms with E-state index in [1.807, 2.05) is 32.0 Å². The number of hydrogen-bond donors (Lipinski definition) is 3. The molecular formula is C20H22ClN5O2. The minimum absolute atomic E-state index is 0.0742. The van der Waals surface area contributed by atoms with Gasteiger partial charge in [-0.05, 0) is 32.0 Å². The molecule has 0 fully saturated rings. The van der Waals surface area contributed by atoms with Crippen LogP contribution in [0.15, 0.2) is 37.2 Å². The van der Waals surface area contributed by atoms with E-state index in [2.05, 4.69) is 22.0 Å². The minimum atomic E-state index is -0.424. The van der Waals surface area contributed by atoms with Crippen molar-refractivity contribution in [1.82, 2.24) is 14.6 Å². The van der Waals surface area contributed by atoms with Crippen LogP contribution in [0.4, 0.5) is 5.82 Å². The summed E-state index contributed by atoms with van der Waals surface area (Å²) in [7, 11) is 0. The molecule has 8 heteroatoms. The monoisotopic (exact) mass is 399 g/mol. The van der Waals surface area contributed by atoms with Gasteiger partial charge in [0, 0.05) is 35.3 Å². The average Bonchev–Trinajstić information content (AvgIpc) is 3.21. The number of halogens is 1. The molecule has 7 nitrogen and oxygen atoms in total. The van der Waals surface area contributed by atoms with Crippen LogP contribution in [-0.2, 0) is 6.42 Å². The van der Waals surface area contributed by atoms with Crippen molar-refractivity contribution in [3.8, 4) is 5.75 Å². The Balaban J connectivity index is 1.67. The highest BCUT2D eigenvalue weighted by Gasteiger charge is 2.36. The molecule has 1 unspecified atom stereocenters. The Hall–Kier alpha value is -2.77. The lowest BCUT2D eigenvalue weighted by molar-refractivity contribution is 0.124. The second kappa shape index (κ2) is 6.68. The lowest BCUT2D eigenvalue weighted by Gasteiger charge is -2.23. The third-order valence-corrected chi connectivity index (χ3v) is 5.23. The molecule has 0 bridgehead atoms. The van der Waals surface area contributed by atoms with Gasteiger partial charge in [0.25, 0.3) is 0 Å². The topological polar surface area (TPSA) is 97.7 Å². The Morgan fingerprint density at radius 2 is 2.32 bits per heavy atom. The van der Waals surface area contributed by atoms with Crippen LogP contribution in [0.3, 0.4) is 0 Å². The van der Waals surface area contributed by atoms with E-state index < -0.39 is 5.60 Å². The highest BCUT2D eigenvalue weighted by atomic mass is 35.5. The number of aliphatic hydroxyl groups excluding tert-OH is 1. The molecule has 0 aliphatic carbocycles. The van der Waals surface area contributed by atoms with Gasteiger partial charge in [-0.1, -0.05) is 18.2 Å². The number of aliphatic hydroxyl groups is 1. The van der Waals surface area contributed by atoms with E-state index in [1.54, 1.807) is 10.7 Å². The molecule has 146 valence electrons. The fourth-order valence-corrected chi connectivity index (χ4v) is 3.75. The smallest absolute Gasteiger partial charge is 0.168 e. The number of rotatable bonds is 5. The quantitative estimate of drug-likeness (QED) is 0.565. The fraction of sp³-hybridized carbons (Fsp3) is 0.300. The van der Waals surface area contributed by atoms with Gasteiger partial charge >= 0.3 is 0 Å². The first-order valence-corrected chi connectivity index (χ1v) is 9.38. The van der Waals surface area contributed by atoms with Crippen LogP contribution in [0.1, 0.15) is 36.6 Å². The summed E-state index contributed by atoms with van der Waals surface area (Å²) in [6.07, 6.45) is 4.03. The zero-order chi connectivity index (χ0) is 20.1. The lowest BCUT2D eigenvalue weighted by atomic mass is 9.97. The van der Waals surface area contributed by atoms with Gasteiger partial charge in [0.05, 0.1) is 17.8 Å². The summed E-state index contributed by atoms with van der Waals surface area (Å²) < 4.78 is 7.78. The number of fused-ring (bicyclic) bond motifs is 2. The van der Waals surface area contributed by atoms with Gasteiger partial charge in [0.15, 0.2) is 5.65 Å². The van der Waals surface area contributed by atoms with E-state index >= 15 is 0 Å². The normalized spacial score (nSPS) is 19.3. The summed E-state index contributed by atoms with van der Waals surface area (Å²) in [4.78, 5) is 4.56. The number of aromatic nitrogens is 3. The first-order valence-electron chi connectivity index (χ1n) is 9.00. The second-order valence-corrected chi connectivity index (χ2v) is 7.80. The van der Waals surface area contributed by atoms with E-state index in [-0.39, 0.29) is 11.8 Å². The minimum Gasteiger partial charge on any atom is -0.508 e. The van der Waals surface area contributed by atoms with E-state index in [0.717, 1.165) is 23.3 Å². The predicted octanol–water partition coefficient (Wildman–Crippen LogP) is 3.74. The van der Waals surface area contributed by atoms with Gasteiger partial charge in [0.1, 0.15) is 22.9 Å². The Labute approximate surface area is 167 Å².